The minimum atomic E-state index is -3.50. The number of unbranched alkanes of at least 4 members (excludes halogenated alkanes) is 1. The maximum absolute atomic E-state index is 12.8. The van der Waals surface area contributed by atoms with Crippen molar-refractivity contribution < 1.29 is 17.9 Å². The minimum Gasteiger partial charge on any atom is -0.379 e. The Bertz CT molecular complexity index is 887. The maximum Gasteiger partial charge on any atom is 0.252 e. The highest BCUT2D eigenvalue weighted by Crippen LogP contribution is 2.33. The summed E-state index contributed by atoms with van der Waals surface area (Å²) in [7, 11) is -3.50. The molecule has 1 aliphatic rings. The molecule has 1 aliphatic heterocycles. The molecule has 0 spiro atoms. The van der Waals surface area contributed by atoms with Crippen LogP contribution >= 0.6 is 11.3 Å². The second-order valence-corrected chi connectivity index (χ2v) is 9.57. The fourth-order valence-electron chi connectivity index (χ4n) is 2.82. The number of nitrogens with zero attached hydrogens (tertiary/aromatic N) is 1. The van der Waals surface area contributed by atoms with E-state index in [1.807, 2.05) is 12.1 Å². The van der Waals surface area contributed by atoms with Crippen molar-refractivity contribution in [3.05, 3.63) is 42.0 Å². The van der Waals surface area contributed by atoms with Gasteiger partial charge >= 0.3 is 0 Å². The third kappa shape index (κ3) is 4.76. The van der Waals surface area contributed by atoms with E-state index >= 15 is 0 Å². The van der Waals surface area contributed by atoms with E-state index in [-0.39, 0.29) is 5.91 Å². The Hall–Kier alpha value is -1.74. The summed E-state index contributed by atoms with van der Waals surface area (Å²) in [6.07, 6.45) is 1.97. The third-order valence-corrected chi connectivity index (χ3v) is 7.87. The zero-order chi connectivity index (χ0) is 19.3. The molecule has 3 rings (SSSR count). The first-order valence-corrected chi connectivity index (χ1v) is 11.3. The summed E-state index contributed by atoms with van der Waals surface area (Å²) in [5.41, 5.74) is 1.42. The van der Waals surface area contributed by atoms with E-state index in [2.05, 4.69) is 12.2 Å². The molecule has 2 heterocycles. The molecule has 2 aromatic rings. The lowest BCUT2D eigenvalue weighted by Gasteiger charge is -2.25. The molecule has 6 nitrogen and oxygen atoms in total. The fraction of sp³-hybridized carbons (Fsp3) is 0.421. The van der Waals surface area contributed by atoms with Gasteiger partial charge in [0.2, 0.25) is 0 Å². The van der Waals surface area contributed by atoms with E-state index in [1.54, 1.807) is 24.3 Å². The standard InChI is InChI=1S/C19H24N2O4S2/c1-2-3-9-20-19(22)16-6-4-5-15(14-16)17-7-8-18(26-17)27(23,24)21-10-12-25-13-11-21/h4-8,14H,2-3,9-13H2,1H3,(H,20,22). The summed E-state index contributed by atoms with van der Waals surface area (Å²) < 4.78 is 32.6. The number of rotatable bonds is 7. The first kappa shape index (κ1) is 20.0. The summed E-state index contributed by atoms with van der Waals surface area (Å²) >= 11 is 1.23. The Morgan fingerprint density at radius 2 is 2.00 bits per heavy atom. The van der Waals surface area contributed by atoms with Gasteiger partial charge in [-0.3, -0.25) is 4.79 Å². The number of hydrogen-bond donors (Lipinski definition) is 1. The molecule has 0 aliphatic carbocycles. The first-order valence-electron chi connectivity index (χ1n) is 9.08. The quantitative estimate of drug-likeness (QED) is 0.715. The van der Waals surface area contributed by atoms with Crippen LogP contribution in [0.5, 0.6) is 0 Å². The molecular weight excluding hydrogens is 384 g/mol. The van der Waals surface area contributed by atoms with Gasteiger partial charge in [-0.15, -0.1) is 11.3 Å². The predicted octanol–water partition coefficient (Wildman–Crippen LogP) is 2.97. The number of thiophene rings is 1. The van der Waals surface area contributed by atoms with Crippen LogP contribution in [0.25, 0.3) is 10.4 Å². The van der Waals surface area contributed by atoms with Crippen LogP contribution in [-0.4, -0.2) is 51.5 Å². The Balaban J connectivity index is 1.78. The second kappa shape index (κ2) is 8.97. The van der Waals surface area contributed by atoms with Gasteiger partial charge in [0, 0.05) is 30.1 Å². The van der Waals surface area contributed by atoms with Gasteiger partial charge in [-0.2, -0.15) is 4.31 Å². The molecule has 146 valence electrons. The number of morpholine rings is 1. The van der Waals surface area contributed by atoms with Crippen LogP contribution in [0.1, 0.15) is 30.1 Å². The van der Waals surface area contributed by atoms with Crippen molar-refractivity contribution in [1.29, 1.82) is 0 Å². The summed E-state index contributed by atoms with van der Waals surface area (Å²) in [6.45, 7) is 4.33. The average Bonchev–Trinajstić information content (AvgIpc) is 3.20. The molecule has 8 heteroatoms. The normalized spacial score (nSPS) is 15.6. The van der Waals surface area contributed by atoms with Crippen LogP contribution in [0, 0.1) is 0 Å². The van der Waals surface area contributed by atoms with E-state index in [9.17, 15) is 13.2 Å². The molecule has 1 aromatic heterocycles. The smallest absolute Gasteiger partial charge is 0.252 e. The number of carbonyl (C=O) groups excluding carboxylic acids is 1. The van der Waals surface area contributed by atoms with E-state index in [1.165, 1.54) is 15.6 Å². The van der Waals surface area contributed by atoms with E-state index in [4.69, 9.17) is 4.74 Å². The van der Waals surface area contributed by atoms with Crippen LogP contribution in [0.4, 0.5) is 0 Å². The largest absolute Gasteiger partial charge is 0.379 e. The summed E-state index contributed by atoms with van der Waals surface area (Å²) in [6, 6.07) is 10.7. The predicted molar refractivity (Wildman–Crippen MR) is 107 cm³/mol. The van der Waals surface area contributed by atoms with Crippen LogP contribution in [0.15, 0.2) is 40.6 Å². The molecule has 0 radical (unpaired) electrons. The van der Waals surface area contributed by atoms with Crippen molar-refractivity contribution in [2.75, 3.05) is 32.8 Å². The number of hydrogen-bond acceptors (Lipinski definition) is 5. The van der Waals surface area contributed by atoms with Crippen LogP contribution in [0.2, 0.25) is 0 Å². The highest BCUT2D eigenvalue weighted by molar-refractivity contribution is 7.91. The van der Waals surface area contributed by atoms with Gasteiger partial charge in [0.05, 0.1) is 13.2 Å². The van der Waals surface area contributed by atoms with Crippen LogP contribution in [-0.2, 0) is 14.8 Å². The molecule has 1 N–H and O–H groups in total. The van der Waals surface area contributed by atoms with Gasteiger partial charge in [-0.1, -0.05) is 25.5 Å². The highest BCUT2D eigenvalue weighted by Gasteiger charge is 2.27. The van der Waals surface area contributed by atoms with Crippen molar-refractivity contribution in [3.8, 4) is 10.4 Å². The van der Waals surface area contributed by atoms with Crippen molar-refractivity contribution in [2.45, 2.75) is 24.0 Å². The molecule has 27 heavy (non-hydrogen) atoms. The Kier molecular flexibility index (Phi) is 6.64. The van der Waals surface area contributed by atoms with Crippen molar-refractivity contribution in [2.24, 2.45) is 0 Å². The van der Waals surface area contributed by atoms with E-state index in [0.29, 0.717) is 42.6 Å². The van der Waals surface area contributed by atoms with Crippen molar-refractivity contribution >= 4 is 27.3 Å². The first-order chi connectivity index (χ1) is 13.0. The molecular formula is C19H24N2O4S2. The zero-order valence-electron chi connectivity index (χ0n) is 15.3. The topological polar surface area (TPSA) is 75.7 Å². The molecule has 0 unspecified atom stereocenters. The second-order valence-electron chi connectivity index (χ2n) is 6.33. The van der Waals surface area contributed by atoms with Crippen LogP contribution < -0.4 is 5.32 Å². The van der Waals surface area contributed by atoms with Gasteiger partial charge in [-0.05, 0) is 36.2 Å². The number of carbonyl (C=O) groups is 1. The zero-order valence-corrected chi connectivity index (χ0v) is 16.9. The Labute approximate surface area is 164 Å². The molecule has 1 fully saturated rings. The summed E-state index contributed by atoms with van der Waals surface area (Å²) in [5, 5.41) is 2.90. The Morgan fingerprint density at radius 3 is 2.74 bits per heavy atom. The maximum atomic E-state index is 12.8. The number of benzene rings is 1. The van der Waals surface area contributed by atoms with Crippen molar-refractivity contribution in [3.63, 3.8) is 0 Å². The molecule has 0 bridgehead atoms. The van der Waals surface area contributed by atoms with Gasteiger partial charge in [0.15, 0.2) is 0 Å². The molecule has 1 saturated heterocycles. The highest BCUT2D eigenvalue weighted by atomic mass is 32.2. The van der Waals surface area contributed by atoms with E-state index < -0.39 is 10.0 Å². The van der Waals surface area contributed by atoms with Crippen LogP contribution in [0.3, 0.4) is 0 Å². The molecule has 1 amide bonds. The summed E-state index contributed by atoms with van der Waals surface area (Å²) in [5.74, 6) is -0.108. The number of sulfonamides is 1. The van der Waals surface area contributed by atoms with Crippen molar-refractivity contribution in [1.82, 2.24) is 9.62 Å². The number of ether oxygens (including phenoxy) is 1. The lowest BCUT2D eigenvalue weighted by Crippen LogP contribution is -2.40. The van der Waals surface area contributed by atoms with Gasteiger partial charge in [0.25, 0.3) is 15.9 Å². The molecule has 0 atom stereocenters. The van der Waals surface area contributed by atoms with Gasteiger partial charge in [0.1, 0.15) is 4.21 Å². The number of nitrogens with one attached hydrogen (secondary N) is 1. The monoisotopic (exact) mass is 408 g/mol. The SMILES string of the molecule is CCCCNC(=O)c1cccc(-c2ccc(S(=O)(=O)N3CCOCC3)s2)c1. The third-order valence-electron chi connectivity index (χ3n) is 4.37. The van der Waals surface area contributed by atoms with E-state index in [0.717, 1.165) is 23.3 Å². The van der Waals surface area contributed by atoms with Gasteiger partial charge in [-0.25, -0.2) is 8.42 Å². The Morgan fingerprint density at radius 1 is 1.22 bits per heavy atom. The fourth-order valence-corrected chi connectivity index (χ4v) is 5.69. The molecule has 0 saturated carbocycles. The minimum absolute atomic E-state index is 0.108. The van der Waals surface area contributed by atoms with Gasteiger partial charge < -0.3 is 10.1 Å². The number of amides is 1. The summed E-state index contributed by atoms with van der Waals surface area (Å²) in [4.78, 5) is 13.1. The average molecular weight is 409 g/mol. The lowest BCUT2D eigenvalue weighted by molar-refractivity contribution is 0.0731. The molecule has 1 aromatic carbocycles. The lowest BCUT2D eigenvalue weighted by atomic mass is 10.1.